The second kappa shape index (κ2) is 6.58. The number of aromatic nitrogens is 2. The van der Waals surface area contributed by atoms with Crippen molar-refractivity contribution >= 4 is 5.91 Å². The lowest BCUT2D eigenvalue weighted by Gasteiger charge is -2.28. The van der Waals surface area contributed by atoms with E-state index in [0.29, 0.717) is 6.54 Å². The molecule has 0 radical (unpaired) electrons. The van der Waals surface area contributed by atoms with Crippen molar-refractivity contribution < 1.29 is 9.90 Å². The minimum absolute atomic E-state index is 0.0866. The van der Waals surface area contributed by atoms with Crippen LogP contribution in [0.1, 0.15) is 43.0 Å². The Morgan fingerprint density at radius 1 is 1.43 bits per heavy atom. The third-order valence-corrected chi connectivity index (χ3v) is 4.60. The Morgan fingerprint density at radius 3 is 3.00 bits per heavy atom. The number of carbonyl (C=O) groups is 1. The first-order chi connectivity index (χ1) is 10.3. The molecule has 21 heavy (non-hydrogen) atoms. The van der Waals surface area contributed by atoms with E-state index in [9.17, 15) is 4.79 Å². The lowest BCUT2D eigenvalue weighted by atomic mass is 9.91. The fraction of sp³-hybridized carbons (Fsp3) is 0.733. The Labute approximate surface area is 124 Å². The van der Waals surface area contributed by atoms with Crippen molar-refractivity contribution in [3.8, 4) is 0 Å². The molecule has 1 fully saturated rings. The first-order valence-electron chi connectivity index (χ1n) is 7.96. The number of nitrogens with one attached hydrogen (secondary N) is 2. The normalized spacial score (nSPS) is 22.8. The molecular formula is C15H24N4O2. The van der Waals surface area contributed by atoms with Gasteiger partial charge in [0.2, 0.25) is 5.91 Å². The summed E-state index contributed by atoms with van der Waals surface area (Å²) in [5.74, 6) is 0.327. The zero-order valence-electron chi connectivity index (χ0n) is 12.3. The number of nitrogens with zero attached hydrogens (tertiary/aromatic N) is 2. The number of amides is 1. The molecule has 0 spiro atoms. The van der Waals surface area contributed by atoms with Crippen LogP contribution >= 0.6 is 0 Å². The number of fused-ring (bicyclic) bond motifs is 1. The third-order valence-electron chi connectivity index (χ3n) is 4.60. The summed E-state index contributed by atoms with van der Waals surface area (Å²) in [6.07, 6.45) is 6.73. The maximum Gasteiger partial charge on any atom is 0.223 e. The minimum atomic E-state index is 0.0866. The second-order valence-electron chi connectivity index (χ2n) is 5.97. The van der Waals surface area contributed by atoms with Gasteiger partial charge < -0.3 is 15.7 Å². The first kappa shape index (κ1) is 14.5. The van der Waals surface area contributed by atoms with Crippen LogP contribution in [0.2, 0.25) is 0 Å². The molecule has 1 aromatic rings. The molecule has 1 saturated heterocycles. The Bertz CT molecular complexity index is 494. The Balaban J connectivity index is 1.68. The molecule has 2 aliphatic rings. The summed E-state index contributed by atoms with van der Waals surface area (Å²) in [6.45, 7) is 2.50. The quantitative estimate of drug-likeness (QED) is 0.749. The van der Waals surface area contributed by atoms with Gasteiger partial charge in [-0.05, 0) is 45.2 Å². The van der Waals surface area contributed by atoms with Gasteiger partial charge in [0, 0.05) is 17.2 Å². The van der Waals surface area contributed by atoms with E-state index in [2.05, 4.69) is 15.7 Å². The van der Waals surface area contributed by atoms with Crippen LogP contribution in [-0.2, 0) is 17.8 Å². The molecule has 6 heteroatoms. The van der Waals surface area contributed by atoms with Gasteiger partial charge in [-0.1, -0.05) is 0 Å². The van der Waals surface area contributed by atoms with Crippen molar-refractivity contribution in [1.82, 2.24) is 20.4 Å². The van der Waals surface area contributed by atoms with Gasteiger partial charge in [-0.3, -0.25) is 9.48 Å². The van der Waals surface area contributed by atoms with Crippen LogP contribution in [0.25, 0.3) is 0 Å². The van der Waals surface area contributed by atoms with Gasteiger partial charge >= 0.3 is 0 Å². The van der Waals surface area contributed by atoms with E-state index in [1.165, 1.54) is 5.69 Å². The van der Waals surface area contributed by atoms with Crippen molar-refractivity contribution in [2.45, 2.75) is 44.7 Å². The van der Waals surface area contributed by atoms with Crippen molar-refractivity contribution in [3.63, 3.8) is 0 Å². The molecule has 0 saturated carbocycles. The van der Waals surface area contributed by atoms with E-state index in [-0.39, 0.29) is 24.5 Å². The summed E-state index contributed by atoms with van der Waals surface area (Å²) >= 11 is 0. The molecule has 116 valence electrons. The fourth-order valence-electron chi connectivity index (χ4n) is 3.43. The molecule has 0 aromatic carbocycles. The zero-order chi connectivity index (χ0) is 14.7. The lowest BCUT2D eigenvalue weighted by Crippen LogP contribution is -2.40. The molecular weight excluding hydrogens is 268 g/mol. The summed E-state index contributed by atoms with van der Waals surface area (Å²) in [7, 11) is 0. The van der Waals surface area contributed by atoms with Crippen LogP contribution < -0.4 is 10.6 Å². The predicted octanol–water partition coefficient (Wildman–Crippen LogP) is 0.369. The van der Waals surface area contributed by atoms with Crippen molar-refractivity contribution in [1.29, 1.82) is 0 Å². The first-order valence-corrected chi connectivity index (χ1v) is 7.96. The summed E-state index contributed by atoms with van der Waals surface area (Å²) in [4.78, 5) is 12.4. The monoisotopic (exact) mass is 292 g/mol. The van der Waals surface area contributed by atoms with Gasteiger partial charge in [0.15, 0.2) is 0 Å². The molecule has 1 aliphatic carbocycles. The number of rotatable bonds is 4. The smallest absolute Gasteiger partial charge is 0.223 e. The molecule has 1 aliphatic heterocycles. The maximum atomic E-state index is 12.4. The largest absolute Gasteiger partial charge is 0.394 e. The fourth-order valence-corrected chi connectivity index (χ4v) is 3.43. The molecule has 0 bridgehead atoms. The minimum Gasteiger partial charge on any atom is -0.394 e. The highest BCUT2D eigenvalue weighted by Crippen LogP contribution is 2.30. The number of piperidine rings is 1. The SMILES string of the molecule is O=C(NC1CCCc2c1cnn2CCO)C1CCNCC1. The molecule has 1 aromatic heterocycles. The van der Waals surface area contributed by atoms with Crippen LogP contribution in [0.3, 0.4) is 0 Å². The number of aliphatic hydroxyl groups is 1. The molecule has 1 unspecified atom stereocenters. The third kappa shape index (κ3) is 3.11. The Morgan fingerprint density at radius 2 is 2.24 bits per heavy atom. The van der Waals surface area contributed by atoms with Crippen molar-refractivity contribution in [2.24, 2.45) is 5.92 Å². The second-order valence-corrected chi connectivity index (χ2v) is 5.97. The van der Waals surface area contributed by atoms with Crippen LogP contribution in [0.4, 0.5) is 0 Å². The van der Waals surface area contributed by atoms with Crippen molar-refractivity contribution in [3.05, 3.63) is 17.5 Å². The summed E-state index contributed by atoms with van der Waals surface area (Å²) < 4.78 is 1.87. The summed E-state index contributed by atoms with van der Waals surface area (Å²) in [6, 6.07) is 0.0866. The number of hydrogen-bond donors (Lipinski definition) is 3. The highest BCUT2D eigenvalue weighted by Gasteiger charge is 2.28. The van der Waals surface area contributed by atoms with Gasteiger partial charge in [0.05, 0.1) is 25.4 Å². The summed E-state index contributed by atoms with van der Waals surface area (Å²) in [5.41, 5.74) is 2.31. The molecule has 2 heterocycles. The van der Waals surface area contributed by atoms with Gasteiger partial charge in [0.25, 0.3) is 0 Å². The Hall–Kier alpha value is -1.40. The molecule has 1 amide bonds. The van der Waals surface area contributed by atoms with E-state index in [4.69, 9.17) is 5.11 Å². The lowest BCUT2D eigenvalue weighted by molar-refractivity contribution is -0.126. The standard InChI is InChI=1S/C15H24N4O2/c20-9-8-19-14-3-1-2-13(12(14)10-17-19)18-15(21)11-4-6-16-7-5-11/h10-11,13,16,20H,1-9H2,(H,18,21). The molecule has 3 rings (SSSR count). The van der Waals surface area contributed by atoms with Gasteiger partial charge in [-0.25, -0.2) is 0 Å². The van der Waals surface area contributed by atoms with Gasteiger partial charge in [-0.15, -0.1) is 0 Å². The molecule has 1 atom stereocenters. The topological polar surface area (TPSA) is 79.2 Å². The zero-order valence-corrected chi connectivity index (χ0v) is 12.3. The highest BCUT2D eigenvalue weighted by molar-refractivity contribution is 5.79. The number of hydrogen-bond acceptors (Lipinski definition) is 4. The van der Waals surface area contributed by atoms with Crippen LogP contribution in [-0.4, -0.2) is 40.5 Å². The van der Waals surface area contributed by atoms with Crippen LogP contribution in [0, 0.1) is 5.92 Å². The van der Waals surface area contributed by atoms with Gasteiger partial charge in [0.1, 0.15) is 0 Å². The van der Waals surface area contributed by atoms with E-state index in [0.717, 1.165) is 50.8 Å². The average molecular weight is 292 g/mol. The Kier molecular flexibility index (Phi) is 4.55. The van der Waals surface area contributed by atoms with Crippen LogP contribution in [0.5, 0.6) is 0 Å². The number of carbonyl (C=O) groups excluding carboxylic acids is 1. The predicted molar refractivity (Wildman–Crippen MR) is 78.7 cm³/mol. The van der Waals surface area contributed by atoms with Gasteiger partial charge in [-0.2, -0.15) is 5.10 Å². The maximum absolute atomic E-state index is 12.4. The number of aliphatic hydroxyl groups excluding tert-OH is 1. The van der Waals surface area contributed by atoms with E-state index in [1.807, 2.05) is 10.9 Å². The summed E-state index contributed by atoms with van der Waals surface area (Å²) in [5, 5.41) is 19.9. The highest BCUT2D eigenvalue weighted by atomic mass is 16.3. The van der Waals surface area contributed by atoms with Crippen molar-refractivity contribution in [2.75, 3.05) is 19.7 Å². The molecule has 3 N–H and O–H groups in total. The van der Waals surface area contributed by atoms with E-state index < -0.39 is 0 Å². The van der Waals surface area contributed by atoms with E-state index in [1.54, 1.807) is 0 Å². The van der Waals surface area contributed by atoms with Crippen LogP contribution in [0.15, 0.2) is 6.20 Å². The molecule has 6 nitrogen and oxygen atoms in total. The van der Waals surface area contributed by atoms with E-state index >= 15 is 0 Å². The average Bonchev–Trinajstić information content (AvgIpc) is 2.93.